The molecule has 0 bridgehead atoms. The second-order valence-corrected chi connectivity index (χ2v) is 7.01. The fourth-order valence-electron chi connectivity index (χ4n) is 3.12. The lowest BCUT2D eigenvalue weighted by Crippen LogP contribution is -2.31. The Morgan fingerprint density at radius 2 is 2.04 bits per heavy atom. The second-order valence-electron chi connectivity index (χ2n) is 5.95. The Morgan fingerprint density at radius 3 is 2.80 bits per heavy atom. The highest BCUT2D eigenvalue weighted by molar-refractivity contribution is 7.09. The number of aryl methyl sites for hydroxylation is 1. The van der Waals surface area contributed by atoms with E-state index in [1.807, 2.05) is 29.0 Å². The summed E-state index contributed by atoms with van der Waals surface area (Å²) in [5, 5.41) is 6.02. The lowest BCUT2D eigenvalue weighted by Gasteiger charge is -2.22. The highest BCUT2D eigenvalue weighted by atomic mass is 32.1. The molecule has 3 N–H and O–H groups in total. The second kappa shape index (κ2) is 5.35. The molecule has 0 aliphatic carbocycles. The van der Waals surface area contributed by atoms with E-state index in [0.717, 1.165) is 39.7 Å². The fourth-order valence-corrected chi connectivity index (χ4v) is 3.74. The maximum atomic E-state index is 5.96. The van der Waals surface area contributed by atoms with Gasteiger partial charge in [-0.15, -0.1) is 11.3 Å². The van der Waals surface area contributed by atoms with Gasteiger partial charge in [-0.25, -0.2) is 15.0 Å². The summed E-state index contributed by atoms with van der Waals surface area (Å²) in [5.74, 6) is 2.41. The molecule has 0 spiro atoms. The van der Waals surface area contributed by atoms with Gasteiger partial charge in [0.05, 0.1) is 34.9 Å². The van der Waals surface area contributed by atoms with Crippen LogP contribution in [0.15, 0.2) is 22.5 Å². The van der Waals surface area contributed by atoms with Gasteiger partial charge in [0.2, 0.25) is 5.95 Å². The van der Waals surface area contributed by atoms with Crippen LogP contribution >= 0.6 is 11.3 Å². The molecule has 1 unspecified atom stereocenters. The minimum absolute atomic E-state index is 0.326. The lowest BCUT2D eigenvalue weighted by molar-refractivity contribution is 0.297. The smallest absolute Gasteiger partial charge is 0.212 e. The zero-order valence-electron chi connectivity index (χ0n) is 13.5. The summed E-state index contributed by atoms with van der Waals surface area (Å²) >= 11 is 1.59. The number of nitrogens with two attached hydrogens (primary N) is 1. The summed E-state index contributed by atoms with van der Waals surface area (Å²) in [6.07, 6.45) is 0.511. The molecule has 5 rings (SSSR count). The van der Waals surface area contributed by atoms with Crippen molar-refractivity contribution >= 4 is 34.3 Å². The molecule has 25 heavy (non-hydrogen) atoms. The first kappa shape index (κ1) is 14.5. The summed E-state index contributed by atoms with van der Waals surface area (Å²) < 4.78 is 13.6. The van der Waals surface area contributed by atoms with Crippen LogP contribution in [0.5, 0.6) is 11.5 Å². The Labute approximate surface area is 147 Å². The third-order valence-corrected chi connectivity index (χ3v) is 5.00. The van der Waals surface area contributed by atoms with Gasteiger partial charge in [0.1, 0.15) is 0 Å². The molecule has 1 aromatic carbocycles. The number of anilines is 1. The third-order valence-electron chi connectivity index (χ3n) is 4.21. The van der Waals surface area contributed by atoms with Gasteiger partial charge in [-0.3, -0.25) is 9.88 Å². The van der Waals surface area contributed by atoms with Crippen molar-refractivity contribution < 1.29 is 9.47 Å². The Morgan fingerprint density at radius 1 is 1.24 bits per heavy atom. The molecule has 2 aromatic heterocycles. The minimum Gasteiger partial charge on any atom is -0.489 e. The van der Waals surface area contributed by atoms with E-state index in [1.54, 1.807) is 11.3 Å². The summed E-state index contributed by atoms with van der Waals surface area (Å²) in [6.45, 7) is 3.25. The molecule has 0 fully saturated rings. The van der Waals surface area contributed by atoms with Crippen LogP contribution < -0.4 is 20.5 Å². The van der Waals surface area contributed by atoms with Crippen molar-refractivity contribution in [1.29, 1.82) is 0 Å². The maximum Gasteiger partial charge on any atom is 0.212 e. The number of imidazole rings is 1. The van der Waals surface area contributed by atoms with Crippen LogP contribution in [0.25, 0.3) is 11.0 Å². The molecule has 3 aromatic rings. The van der Waals surface area contributed by atoms with E-state index in [0.29, 0.717) is 25.1 Å². The predicted octanol–water partition coefficient (Wildman–Crippen LogP) is 2.25. The van der Waals surface area contributed by atoms with Crippen LogP contribution in [0.1, 0.15) is 23.3 Å². The summed E-state index contributed by atoms with van der Waals surface area (Å²) in [5.41, 5.74) is 8.51. The topological polar surface area (TPSA) is 99.6 Å². The van der Waals surface area contributed by atoms with Crippen molar-refractivity contribution in [2.75, 3.05) is 18.5 Å². The van der Waals surface area contributed by atoms with E-state index in [-0.39, 0.29) is 6.17 Å². The van der Waals surface area contributed by atoms with Crippen LogP contribution in [0.2, 0.25) is 0 Å². The van der Waals surface area contributed by atoms with Gasteiger partial charge >= 0.3 is 0 Å². The van der Waals surface area contributed by atoms with Crippen LogP contribution in [-0.2, 0) is 0 Å². The van der Waals surface area contributed by atoms with E-state index < -0.39 is 0 Å². The first-order valence-corrected chi connectivity index (χ1v) is 8.91. The highest BCUT2D eigenvalue weighted by Crippen LogP contribution is 2.39. The number of nitrogens with zero attached hydrogens (tertiary/aromatic N) is 4. The number of hydrogen-bond donors (Lipinski definition) is 2. The Bertz CT molecular complexity index is 1010. The van der Waals surface area contributed by atoms with Crippen molar-refractivity contribution in [3.8, 4) is 11.5 Å². The SMILES string of the molecule is Cc1nc(C2N=C(N)Nc3nc4cc5c(cc4n32)OCCCO5)cs1. The normalized spacial score (nSPS) is 19.1. The molecule has 9 heteroatoms. The third kappa shape index (κ3) is 2.30. The molecule has 0 radical (unpaired) electrons. The summed E-state index contributed by atoms with van der Waals surface area (Å²) in [6, 6.07) is 3.86. The standard InChI is InChI=1S/C16H16N6O2S/c1-8-18-10(7-25-8)14-20-15(17)21-16-19-9-5-12-13(6-11(9)22(14)16)24-4-2-3-23-12/h5-7,14H,2-4H2,1H3,(H3,17,19,20,21). The van der Waals surface area contributed by atoms with E-state index in [2.05, 4.69) is 20.3 Å². The molecule has 4 heterocycles. The number of nitrogens with one attached hydrogen (secondary N) is 1. The quantitative estimate of drug-likeness (QED) is 0.694. The first-order chi connectivity index (χ1) is 12.2. The molecule has 0 saturated heterocycles. The molecule has 2 aliphatic rings. The predicted molar refractivity (Wildman–Crippen MR) is 95.6 cm³/mol. The molecule has 1 atom stereocenters. The molecule has 2 aliphatic heterocycles. The Balaban J connectivity index is 1.72. The number of ether oxygens (including phenoxy) is 2. The van der Waals surface area contributed by atoms with E-state index in [4.69, 9.17) is 15.2 Å². The number of aromatic nitrogens is 3. The average molecular weight is 356 g/mol. The molecule has 8 nitrogen and oxygen atoms in total. The number of hydrogen-bond acceptors (Lipinski definition) is 8. The Hall–Kier alpha value is -2.81. The van der Waals surface area contributed by atoms with E-state index in [1.165, 1.54) is 0 Å². The lowest BCUT2D eigenvalue weighted by atomic mass is 10.2. The van der Waals surface area contributed by atoms with Crippen molar-refractivity contribution in [2.45, 2.75) is 19.5 Å². The zero-order chi connectivity index (χ0) is 17.0. The number of benzene rings is 1. The fraction of sp³-hybridized carbons (Fsp3) is 0.312. The molecular formula is C16H16N6O2S. The molecule has 128 valence electrons. The number of guanidine groups is 1. The van der Waals surface area contributed by atoms with E-state index >= 15 is 0 Å². The van der Waals surface area contributed by atoms with Crippen LogP contribution in [0.4, 0.5) is 5.95 Å². The van der Waals surface area contributed by atoms with Crippen molar-refractivity contribution in [3.05, 3.63) is 28.2 Å². The van der Waals surface area contributed by atoms with Crippen LogP contribution in [0, 0.1) is 6.92 Å². The van der Waals surface area contributed by atoms with Crippen LogP contribution in [-0.4, -0.2) is 33.7 Å². The van der Waals surface area contributed by atoms with Crippen LogP contribution in [0.3, 0.4) is 0 Å². The van der Waals surface area contributed by atoms with Crippen molar-refractivity contribution in [2.24, 2.45) is 10.7 Å². The number of rotatable bonds is 1. The number of thiazole rings is 1. The summed E-state index contributed by atoms with van der Waals surface area (Å²) in [7, 11) is 0. The monoisotopic (exact) mass is 356 g/mol. The van der Waals surface area contributed by atoms with Crippen molar-refractivity contribution in [1.82, 2.24) is 14.5 Å². The molecule has 0 saturated carbocycles. The molecular weight excluding hydrogens is 340 g/mol. The van der Waals surface area contributed by atoms with Gasteiger partial charge < -0.3 is 15.2 Å². The molecule has 0 amide bonds. The van der Waals surface area contributed by atoms with Gasteiger partial charge in [0.25, 0.3) is 0 Å². The maximum absolute atomic E-state index is 5.96. The number of fused-ring (bicyclic) bond motifs is 4. The van der Waals surface area contributed by atoms with Crippen molar-refractivity contribution in [3.63, 3.8) is 0 Å². The minimum atomic E-state index is -0.351. The Kier molecular flexibility index (Phi) is 3.11. The van der Waals surface area contributed by atoms with Gasteiger partial charge in [0.15, 0.2) is 23.6 Å². The number of aliphatic imine (C=N–C) groups is 1. The summed E-state index contributed by atoms with van der Waals surface area (Å²) in [4.78, 5) is 13.8. The first-order valence-electron chi connectivity index (χ1n) is 8.03. The van der Waals surface area contributed by atoms with E-state index in [9.17, 15) is 0 Å². The van der Waals surface area contributed by atoms with Gasteiger partial charge in [-0.2, -0.15) is 0 Å². The van der Waals surface area contributed by atoms with Gasteiger partial charge in [0, 0.05) is 23.9 Å². The largest absolute Gasteiger partial charge is 0.489 e. The average Bonchev–Trinajstić information content (AvgIpc) is 3.08. The highest BCUT2D eigenvalue weighted by Gasteiger charge is 2.28. The van der Waals surface area contributed by atoms with Gasteiger partial charge in [-0.05, 0) is 6.92 Å². The van der Waals surface area contributed by atoms with Gasteiger partial charge in [-0.1, -0.05) is 0 Å². The zero-order valence-corrected chi connectivity index (χ0v) is 14.3.